The van der Waals surface area contributed by atoms with Crippen molar-refractivity contribution in [2.75, 3.05) is 19.7 Å². The maximum Gasteiger partial charge on any atom is 0.246 e. The summed E-state index contributed by atoms with van der Waals surface area (Å²) in [5.41, 5.74) is -1.05. The van der Waals surface area contributed by atoms with Crippen molar-refractivity contribution in [2.24, 2.45) is 5.92 Å². The molecule has 2 amide bonds. The molecule has 32 heavy (non-hydrogen) atoms. The summed E-state index contributed by atoms with van der Waals surface area (Å²) in [4.78, 5) is 25.2. The van der Waals surface area contributed by atoms with Crippen LogP contribution >= 0.6 is 11.6 Å². The van der Waals surface area contributed by atoms with Crippen molar-refractivity contribution < 1.29 is 23.8 Å². The molecule has 5 fully saturated rings. The Kier molecular flexibility index (Phi) is 7.64. The van der Waals surface area contributed by atoms with Crippen molar-refractivity contribution in [1.29, 1.82) is 0 Å². The lowest BCUT2D eigenvalue weighted by Gasteiger charge is -2.56. The van der Waals surface area contributed by atoms with Crippen LogP contribution in [0.3, 0.4) is 0 Å². The van der Waals surface area contributed by atoms with Crippen molar-refractivity contribution in [3.8, 4) is 0 Å². The molecule has 0 radical (unpaired) electrons. The summed E-state index contributed by atoms with van der Waals surface area (Å²) in [6.45, 7) is 1.78. The van der Waals surface area contributed by atoms with Crippen LogP contribution in [0.1, 0.15) is 70.6 Å². The molecule has 5 aliphatic rings. The zero-order chi connectivity index (χ0) is 22.8. The SMILES string of the molecule is O=C(COC1CCC(Cl)C(F)C1)NC12CCC(NC(=O)CC3CCCNC3)(CC1)C(O)C2. The summed E-state index contributed by atoms with van der Waals surface area (Å²) in [5, 5.41) is 20.0. The van der Waals surface area contributed by atoms with Crippen LogP contribution in [0.25, 0.3) is 0 Å². The average Bonchev–Trinajstić information content (AvgIpc) is 2.76. The number of nitrogens with one attached hydrogen (secondary N) is 3. The lowest BCUT2D eigenvalue weighted by Crippen LogP contribution is -2.70. The number of hydrogen-bond acceptors (Lipinski definition) is 5. The number of ether oxygens (including phenoxy) is 1. The van der Waals surface area contributed by atoms with Gasteiger partial charge < -0.3 is 25.8 Å². The number of halogens is 2. The Balaban J connectivity index is 1.24. The molecule has 0 aromatic heterocycles. The molecular weight excluding hydrogens is 437 g/mol. The molecular formula is C23H37ClFN3O4. The minimum Gasteiger partial charge on any atom is -0.391 e. The molecule has 4 N–H and O–H groups in total. The summed E-state index contributed by atoms with van der Waals surface area (Å²) >= 11 is 5.91. The van der Waals surface area contributed by atoms with E-state index in [4.69, 9.17) is 16.3 Å². The van der Waals surface area contributed by atoms with Gasteiger partial charge in [0.15, 0.2) is 0 Å². The van der Waals surface area contributed by atoms with E-state index in [-0.39, 0.29) is 30.9 Å². The Hall–Kier alpha value is -0.960. The van der Waals surface area contributed by atoms with Crippen LogP contribution in [0.2, 0.25) is 0 Å². The zero-order valence-electron chi connectivity index (χ0n) is 18.7. The summed E-state index contributed by atoms with van der Waals surface area (Å²) in [6.07, 6.45) is 5.16. The van der Waals surface area contributed by atoms with Crippen LogP contribution in [0.4, 0.5) is 4.39 Å². The van der Waals surface area contributed by atoms with Crippen LogP contribution in [-0.2, 0) is 14.3 Å². The number of alkyl halides is 2. The summed E-state index contributed by atoms with van der Waals surface area (Å²) < 4.78 is 19.4. The van der Waals surface area contributed by atoms with E-state index in [1.165, 1.54) is 0 Å². The minimum absolute atomic E-state index is 0.0161. The van der Waals surface area contributed by atoms with Gasteiger partial charge in [0.25, 0.3) is 0 Å². The second-order valence-corrected chi connectivity index (χ2v) is 11.0. The Bertz CT molecular complexity index is 682. The molecule has 7 nitrogen and oxygen atoms in total. The van der Waals surface area contributed by atoms with E-state index in [0.29, 0.717) is 57.3 Å². The van der Waals surface area contributed by atoms with E-state index in [1.807, 2.05) is 0 Å². The molecule has 0 aromatic rings. The molecule has 0 spiro atoms. The highest BCUT2D eigenvalue weighted by atomic mass is 35.5. The van der Waals surface area contributed by atoms with E-state index < -0.39 is 28.7 Å². The number of piperidine rings is 1. The molecule has 4 aliphatic carbocycles. The molecule has 0 aromatic carbocycles. The lowest BCUT2D eigenvalue weighted by atomic mass is 9.59. The lowest BCUT2D eigenvalue weighted by molar-refractivity contribution is -0.139. The van der Waals surface area contributed by atoms with E-state index >= 15 is 0 Å². The average molecular weight is 474 g/mol. The highest BCUT2D eigenvalue weighted by Crippen LogP contribution is 2.47. The first-order valence-electron chi connectivity index (χ1n) is 12.2. The van der Waals surface area contributed by atoms with Gasteiger partial charge in [-0.15, -0.1) is 11.6 Å². The van der Waals surface area contributed by atoms with E-state index in [9.17, 15) is 19.1 Å². The first-order chi connectivity index (χ1) is 15.3. The van der Waals surface area contributed by atoms with Crippen LogP contribution in [0.5, 0.6) is 0 Å². The number of fused-ring (bicyclic) bond motifs is 3. The fourth-order valence-electron chi connectivity index (χ4n) is 6.07. The Morgan fingerprint density at radius 2 is 1.91 bits per heavy atom. The summed E-state index contributed by atoms with van der Waals surface area (Å²) in [5.74, 6) is 0.140. The Morgan fingerprint density at radius 3 is 2.56 bits per heavy atom. The largest absolute Gasteiger partial charge is 0.391 e. The van der Waals surface area contributed by atoms with Crippen molar-refractivity contribution in [3.63, 3.8) is 0 Å². The molecule has 1 aliphatic heterocycles. The molecule has 1 heterocycles. The highest BCUT2D eigenvalue weighted by molar-refractivity contribution is 6.21. The van der Waals surface area contributed by atoms with Crippen LogP contribution in [-0.4, -0.2) is 71.5 Å². The first-order valence-corrected chi connectivity index (χ1v) is 12.6. The van der Waals surface area contributed by atoms with Gasteiger partial charge in [0.2, 0.25) is 11.8 Å². The van der Waals surface area contributed by atoms with Crippen LogP contribution in [0, 0.1) is 5.92 Å². The van der Waals surface area contributed by atoms with E-state index in [0.717, 1.165) is 25.9 Å². The number of carbonyl (C=O) groups excluding carboxylic acids is 2. The monoisotopic (exact) mass is 473 g/mol. The fraction of sp³-hybridized carbons (Fsp3) is 0.913. The normalized spacial score (nSPS) is 41.8. The third-order valence-electron chi connectivity index (χ3n) is 8.08. The second-order valence-electron chi connectivity index (χ2n) is 10.4. The van der Waals surface area contributed by atoms with Crippen molar-refractivity contribution in [3.05, 3.63) is 0 Å². The maximum absolute atomic E-state index is 13.8. The van der Waals surface area contributed by atoms with Gasteiger partial charge in [-0.3, -0.25) is 9.59 Å². The van der Waals surface area contributed by atoms with Gasteiger partial charge in [-0.05, 0) is 76.8 Å². The highest BCUT2D eigenvalue weighted by Gasteiger charge is 2.55. The number of amides is 2. The predicted octanol–water partition coefficient (Wildman–Crippen LogP) is 1.94. The third-order valence-corrected chi connectivity index (χ3v) is 8.57. The maximum atomic E-state index is 13.8. The third kappa shape index (κ3) is 5.57. The van der Waals surface area contributed by atoms with Gasteiger partial charge >= 0.3 is 0 Å². The van der Waals surface area contributed by atoms with E-state index in [1.54, 1.807) is 0 Å². The first kappa shape index (κ1) is 24.2. The van der Waals surface area contributed by atoms with Crippen molar-refractivity contribution >= 4 is 23.4 Å². The Labute approximate surface area is 194 Å². The minimum atomic E-state index is -1.10. The summed E-state index contributed by atoms with van der Waals surface area (Å²) in [6, 6.07) is 0. The number of aliphatic hydroxyl groups excluding tert-OH is 1. The fourth-order valence-corrected chi connectivity index (χ4v) is 6.30. The van der Waals surface area contributed by atoms with Crippen LogP contribution in [0.15, 0.2) is 0 Å². The molecule has 1 saturated heterocycles. The van der Waals surface area contributed by atoms with Gasteiger partial charge in [-0.25, -0.2) is 4.39 Å². The molecule has 5 rings (SSSR count). The molecule has 2 bridgehead atoms. The van der Waals surface area contributed by atoms with Gasteiger partial charge in [0, 0.05) is 18.4 Å². The smallest absolute Gasteiger partial charge is 0.246 e. The van der Waals surface area contributed by atoms with Gasteiger partial charge in [-0.1, -0.05) is 0 Å². The molecule has 182 valence electrons. The zero-order valence-corrected chi connectivity index (χ0v) is 19.5. The van der Waals surface area contributed by atoms with Crippen molar-refractivity contribution in [2.45, 2.75) is 105 Å². The number of aliphatic hydroxyl groups is 1. The second kappa shape index (κ2) is 10.1. The number of carbonyl (C=O) groups is 2. The topological polar surface area (TPSA) is 99.7 Å². The molecule has 4 saturated carbocycles. The van der Waals surface area contributed by atoms with Crippen molar-refractivity contribution in [1.82, 2.24) is 16.0 Å². The quantitative estimate of drug-likeness (QED) is 0.423. The van der Waals surface area contributed by atoms with Gasteiger partial charge in [0.05, 0.1) is 23.1 Å². The summed E-state index contributed by atoms with van der Waals surface area (Å²) in [7, 11) is 0. The van der Waals surface area contributed by atoms with E-state index in [2.05, 4.69) is 16.0 Å². The van der Waals surface area contributed by atoms with Gasteiger partial charge in [-0.2, -0.15) is 0 Å². The van der Waals surface area contributed by atoms with Gasteiger partial charge in [0.1, 0.15) is 12.8 Å². The number of hydrogen-bond donors (Lipinski definition) is 4. The molecule has 5 atom stereocenters. The standard InChI is InChI=1S/C23H37ClFN3O4/c24-17-4-3-16(11-18(17)25)32-14-21(31)27-22-5-7-23(8-6-22,19(29)12-22)28-20(30)10-15-2-1-9-26-13-15/h15-19,26,29H,1-14H2,(H,27,31)(H,28,30). The molecule has 9 heteroatoms. The predicted molar refractivity (Wildman–Crippen MR) is 119 cm³/mol. The molecule has 5 unspecified atom stereocenters. The Morgan fingerprint density at radius 1 is 1.12 bits per heavy atom. The van der Waals surface area contributed by atoms with Crippen LogP contribution < -0.4 is 16.0 Å². The number of rotatable bonds is 7.